The molecule has 0 N–H and O–H groups in total. The lowest BCUT2D eigenvalue weighted by atomic mass is 10.00. The molecule has 24 heavy (non-hydrogen) atoms. The van der Waals surface area contributed by atoms with Crippen molar-refractivity contribution in [3.8, 4) is 0 Å². The second-order valence-electron chi connectivity index (χ2n) is 5.79. The largest absolute Gasteiger partial charge is 0.0876 e. The fourth-order valence-corrected chi connectivity index (χ4v) is 3.81. The van der Waals surface area contributed by atoms with Crippen LogP contribution in [0.4, 0.5) is 0 Å². The molecule has 3 heteroatoms. The van der Waals surface area contributed by atoms with Crippen molar-refractivity contribution >= 4 is 43.5 Å². The van der Waals surface area contributed by atoms with Crippen molar-refractivity contribution in [2.75, 3.05) is 0 Å². The Labute approximate surface area is 165 Å². The molecule has 0 aliphatic heterocycles. The summed E-state index contributed by atoms with van der Waals surface area (Å²) in [5.74, 6) is 0. The van der Waals surface area contributed by atoms with Crippen LogP contribution in [0, 0.1) is 0 Å². The minimum atomic E-state index is 0.156. The molecule has 0 radical (unpaired) electrons. The first-order valence-electron chi connectivity index (χ1n) is 7.78. The van der Waals surface area contributed by atoms with Crippen LogP contribution in [0.25, 0.3) is 0 Å². The first-order valence-corrected chi connectivity index (χ1v) is 10.2. The summed E-state index contributed by atoms with van der Waals surface area (Å²) in [7, 11) is 0. The molecule has 122 valence electrons. The standard InChI is InChI=1S/C21H17Br2Cl/c22-14-17-6-4-15(5-7-17)12-16-8-10-18(11-9-16)21(23)19-2-1-3-20(24)13-19/h1-11,13,21H,12,14H2. The van der Waals surface area contributed by atoms with E-state index in [2.05, 4.69) is 86.5 Å². The third kappa shape index (κ3) is 4.50. The summed E-state index contributed by atoms with van der Waals surface area (Å²) in [5.41, 5.74) is 6.35. The van der Waals surface area contributed by atoms with Gasteiger partial charge in [-0.3, -0.25) is 0 Å². The Bertz CT molecular complexity index is 795. The average molecular weight is 465 g/mol. The minimum Gasteiger partial charge on any atom is -0.0876 e. The highest BCUT2D eigenvalue weighted by Gasteiger charge is 2.10. The van der Waals surface area contributed by atoms with Crippen LogP contribution < -0.4 is 0 Å². The smallest absolute Gasteiger partial charge is 0.0645 e. The molecule has 0 aliphatic carbocycles. The van der Waals surface area contributed by atoms with Crippen LogP contribution in [0.1, 0.15) is 32.6 Å². The zero-order valence-corrected chi connectivity index (χ0v) is 17.0. The van der Waals surface area contributed by atoms with Crippen LogP contribution in [0.2, 0.25) is 5.02 Å². The highest BCUT2D eigenvalue weighted by Crippen LogP contribution is 2.32. The first-order chi connectivity index (χ1) is 11.7. The van der Waals surface area contributed by atoms with E-state index in [0.29, 0.717) is 0 Å². The van der Waals surface area contributed by atoms with Crippen molar-refractivity contribution in [3.05, 3.63) is 106 Å². The fourth-order valence-electron chi connectivity index (χ4n) is 2.64. The van der Waals surface area contributed by atoms with Crippen LogP contribution in [0.15, 0.2) is 72.8 Å². The number of halogens is 3. The van der Waals surface area contributed by atoms with Crippen molar-refractivity contribution in [3.63, 3.8) is 0 Å². The van der Waals surface area contributed by atoms with Gasteiger partial charge in [0.15, 0.2) is 0 Å². The van der Waals surface area contributed by atoms with Gasteiger partial charge in [-0.25, -0.2) is 0 Å². The van der Waals surface area contributed by atoms with Crippen LogP contribution in [-0.4, -0.2) is 0 Å². The van der Waals surface area contributed by atoms with E-state index in [1.54, 1.807) is 0 Å². The molecule has 0 bridgehead atoms. The second-order valence-corrected chi connectivity index (χ2v) is 7.70. The molecule has 3 aromatic rings. The number of hydrogen-bond acceptors (Lipinski definition) is 0. The third-order valence-corrected chi connectivity index (χ3v) is 5.94. The van der Waals surface area contributed by atoms with Crippen molar-refractivity contribution < 1.29 is 0 Å². The summed E-state index contributed by atoms with van der Waals surface area (Å²) in [5, 5.41) is 1.67. The summed E-state index contributed by atoms with van der Waals surface area (Å²) < 4.78 is 0. The summed E-state index contributed by atoms with van der Waals surface area (Å²) in [6, 6.07) is 25.5. The quantitative estimate of drug-likeness (QED) is 0.347. The van der Waals surface area contributed by atoms with Gasteiger partial charge in [0.2, 0.25) is 0 Å². The molecule has 0 aliphatic rings. The van der Waals surface area contributed by atoms with Crippen molar-refractivity contribution in [1.29, 1.82) is 0 Å². The second kappa shape index (κ2) is 8.33. The molecule has 0 nitrogen and oxygen atoms in total. The van der Waals surface area contributed by atoms with Crippen molar-refractivity contribution in [2.24, 2.45) is 0 Å². The summed E-state index contributed by atoms with van der Waals surface area (Å²) >= 11 is 13.3. The Morgan fingerprint density at radius 3 is 1.92 bits per heavy atom. The topological polar surface area (TPSA) is 0 Å². The van der Waals surface area contributed by atoms with Gasteiger partial charge < -0.3 is 0 Å². The van der Waals surface area contributed by atoms with Gasteiger partial charge in [0.1, 0.15) is 0 Å². The van der Waals surface area contributed by atoms with Gasteiger partial charge in [0.05, 0.1) is 4.83 Å². The Morgan fingerprint density at radius 1 is 0.750 bits per heavy atom. The van der Waals surface area contributed by atoms with E-state index in [-0.39, 0.29) is 4.83 Å². The first kappa shape index (κ1) is 17.7. The molecule has 1 unspecified atom stereocenters. The van der Waals surface area contributed by atoms with Crippen molar-refractivity contribution in [1.82, 2.24) is 0 Å². The molecule has 3 rings (SSSR count). The third-order valence-electron chi connectivity index (χ3n) is 4.00. The molecule has 1 atom stereocenters. The molecule has 0 aromatic heterocycles. The Morgan fingerprint density at radius 2 is 1.33 bits per heavy atom. The molecule has 0 heterocycles. The van der Waals surface area contributed by atoms with Crippen LogP contribution in [0.3, 0.4) is 0 Å². The van der Waals surface area contributed by atoms with Crippen LogP contribution >= 0.6 is 43.5 Å². The Balaban J connectivity index is 1.72. The van der Waals surface area contributed by atoms with Crippen LogP contribution in [-0.2, 0) is 11.8 Å². The van der Waals surface area contributed by atoms with Gasteiger partial charge in [0, 0.05) is 10.4 Å². The SMILES string of the molecule is Clc1cccc(C(Br)c2ccc(Cc3ccc(CBr)cc3)cc2)c1. The van der Waals surface area contributed by atoms with E-state index >= 15 is 0 Å². The number of hydrogen-bond donors (Lipinski definition) is 0. The normalized spacial score (nSPS) is 12.1. The molecular formula is C21H17Br2Cl. The fraction of sp³-hybridized carbons (Fsp3) is 0.143. The zero-order valence-electron chi connectivity index (χ0n) is 13.1. The molecule has 0 spiro atoms. The number of alkyl halides is 2. The molecular weight excluding hydrogens is 447 g/mol. The van der Waals surface area contributed by atoms with Gasteiger partial charge in [-0.05, 0) is 46.4 Å². The predicted octanol–water partition coefficient (Wildman–Crippen LogP) is 7.31. The highest BCUT2D eigenvalue weighted by atomic mass is 79.9. The number of benzene rings is 3. The maximum Gasteiger partial charge on any atom is 0.0645 e. The Kier molecular flexibility index (Phi) is 6.15. The maximum atomic E-state index is 6.09. The summed E-state index contributed by atoms with van der Waals surface area (Å²) in [6.45, 7) is 0. The molecule has 3 aromatic carbocycles. The average Bonchev–Trinajstić information content (AvgIpc) is 2.62. The van der Waals surface area contributed by atoms with E-state index in [0.717, 1.165) is 16.8 Å². The zero-order chi connectivity index (χ0) is 16.9. The number of rotatable bonds is 5. The lowest BCUT2D eigenvalue weighted by molar-refractivity contribution is 1.14. The monoisotopic (exact) mass is 462 g/mol. The van der Waals surface area contributed by atoms with Crippen LogP contribution in [0.5, 0.6) is 0 Å². The summed E-state index contributed by atoms with van der Waals surface area (Å²) in [4.78, 5) is 0.156. The lowest BCUT2D eigenvalue weighted by Gasteiger charge is -2.12. The van der Waals surface area contributed by atoms with Gasteiger partial charge in [0.25, 0.3) is 0 Å². The van der Waals surface area contributed by atoms with E-state index in [4.69, 9.17) is 11.6 Å². The van der Waals surface area contributed by atoms with E-state index in [1.165, 1.54) is 27.8 Å². The molecule has 0 fully saturated rings. The van der Waals surface area contributed by atoms with E-state index < -0.39 is 0 Å². The van der Waals surface area contributed by atoms with E-state index in [1.807, 2.05) is 18.2 Å². The Hall–Kier alpha value is -1.09. The lowest BCUT2D eigenvalue weighted by Crippen LogP contribution is -1.94. The van der Waals surface area contributed by atoms with Gasteiger partial charge in [-0.2, -0.15) is 0 Å². The summed E-state index contributed by atoms with van der Waals surface area (Å²) in [6.07, 6.45) is 0.951. The van der Waals surface area contributed by atoms with E-state index in [9.17, 15) is 0 Å². The highest BCUT2D eigenvalue weighted by molar-refractivity contribution is 9.09. The minimum absolute atomic E-state index is 0.156. The van der Waals surface area contributed by atoms with Crippen molar-refractivity contribution in [2.45, 2.75) is 16.6 Å². The molecule has 0 saturated heterocycles. The van der Waals surface area contributed by atoms with Gasteiger partial charge in [-0.1, -0.05) is 104 Å². The molecule has 0 amide bonds. The predicted molar refractivity (Wildman–Crippen MR) is 111 cm³/mol. The van der Waals surface area contributed by atoms with Gasteiger partial charge in [-0.15, -0.1) is 0 Å². The molecule has 0 saturated carbocycles. The van der Waals surface area contributed by atoms with Gasteiger partial charge >= 0.3 is 0 Å². The maximum absolute atomic E-state index is 6.09.